The summed E-state index contributed by atoms with van der Waals surface area (Å²) in [4.78, 5) is 4.46. The zero-order chi connectivity index (χ0) is 43.6. The van der Waals surface area contributed by atoms with Crippen LogP contribution in [0.3, 0.4) is 0 Å². The molecular formula is C58H42N4O2. The van der Waals surface area contributed by atoms with E-state index in [9.17, 15) is 10.5 Å². The molecule has 2 heterocycles. The van der Waals surface area contributed by atoms with E-state index in [0.717, 1.165) is 99.5 Å². The summed E-state index contributed by atoms with van der Waals surface area (Å²) in [6, 6.07) is 63.3. The molecule has 0 bridgehead atoms. The van der Waals surface area contributed by atoms with E-state index in [1.807, 2.05) is 54.6 Å². The van der Waals surface area contributed by atoms with E-state index >= 15 is 0 Å². The fraction of sp³-hybridized carbons (Fsp3) is 0.103. The van der Waals surface area contributed by atoms with Crippen LogP contribution in [0.25, 0.3) is 65.4 Å². The first-order valence-corrected chi connectivity index (χ1v) is 21.7. The molecule has 0 atom stereocenters. The maximum Gasteiger partial charge on any atom is 0.143 e. The molecule has 0 saturated carbocycles. The molecule has 64 heavy (non-hydrogen) atoms. The second-order valence-corrected chi connectivity index (χ2v) is 17.2. The van der Waals surface area contributed by atoms with Crippen LogP contribution >= 0.6 is 0 Å². The molecule has 2 aromatic heterocycles. The number of benzene rings is 9. The molecule has 11 aromatic rings. The van der Waals surface area contributed by atoms with Gasteiger partial charge in [-0.05, 0) is 161 Å². The lowest BCUT2D eigenvalue weighted by Crippen LogP contribution is -2.10. The van der Waals surface area contributed by atoms with E-state index in [0.29, 0.717) is 23.0 Å². The zero-order valence-electron chi connectivity index (χ0n) is 35.9. The van der Waals surface area contributed by atoms with E-state index in [2.05, 4.69) is 165 Å². The van der Waals surface area contributed by atoms with Crippen LogP contribution in [-0.4, -0.2) is 0 Å². The second kappa shape index (κ2) is 15.2. The average molecular weight is 827 g/mol. The van der Waals surface area contributed by atoms with Crippen LogP contribution in [0.2, 0.25) is 0 Å². The summed E-state index contributed by atoms with van der Waals surface area (Å²) in [6.45, 7) is 8.81. The number of nitrogens with zero attached hydrogens (tertiary/aromatic N) is 4. The summed E-state index contributed by atoms with van der Waals surface area (Å²) in [6.07, 6.45) is 0. The van der Waals surface area contributed by atoms with Crippen LogP contribution in [0.1, 0.15) is 61.8 Å². The summed E-state index contributed by atoms with van der Waals surface area (Å²) in [5.41, 5.74) is 13.1. The van der Waals surface area contributed by atoms with E-state index in [-0.39, 0.29) is 0 Å². The largest absolute Gasteiger partial charge is 0.455 e. The lowest BCUT2D eigenvalue weighted by atomic mass is 10.0. The first kappa shape index (κ1) is 38.6. The lowest BCUT2D eigenvalue weighted by Gasteiger charge is -2.26. The molecule has 0 spiro atoms. The highest BCUT2D eigenvalue weighted by Crippen LogP contribution is 2.44. The molecule has 0 aliphatic rings. The Hall–Kier alpha value is -8.32. The van der Waals surface area contributed by atoms with E-state index in [4.69, 9.17) is 8.83 Å². The number of nitriles is 2. The van der Waals surface area contributed by atoms with Gasteiger partial charge in [-0.25, -0.2) is 0 Å². The maximum absolute atomic E-state index is 9.50. The van der Waals surface area contributed by atoms with E-state index in [1.54, 1.807) is 0 Å². The minimum absolute atomic E-state index is 0.430. The zero-order valence-corrected chi connectivity index (χ0v) is 35.9. The molecule has 0 N–H and O–H groups in total. The number of anilines is 6. The molecule has 11 rings (SSSR count). The van der Waals surface area contributed by atoms with Gasteiger partial charge in [0.2, 0.25) is 0 Å². The number of hydrogen-bond acceptors (Lipinski definition) is 6. The third-order valence-corrected chi connectivity index (χ3v) is 12.7. The predicted molar refractivity (Wildman–Crippen MR) is 263 cm³/mol. The summed E-state index contributed by atoms with van der Waals surface area (Å²) in [7, 11) is 0. The quantitative estimate of drug-likeness (QED) is 0.152. The molecule has 9 aromatic carbocycles. The Morgan fingerprint density at radius 1 is 0.359 bits per heavy atom. The monoisotopic (exact) mass is 826 g/mol. The Labute approximate surface area is 371 Å². The molecule has 306 valence electrons. The summed E-state index contributed by atoms with van der Waals surface area (Å²) < 4.78 is 13.4. The summed E-state index contributed by atoms with van der Waals surface area (Å²) in [5.74, 6) is 0.859. The molecule has 6 nitrogen and oxygen atoms in total. The second-order valence-electron chi connectivity index (χ2n) is 17.2. The highest BCUT2D eigenvalue weighted by Gasteiger charge is 2.20. The summed E-state index contributed by atoms with van der Waals surface area (Å²) >= 11 is 0. The summed E-state index contributed by atoms with van der Waals surface area (Å²) in [5, 5.41) is 27.4. The van der Waals surface area contributed by atoms with Gasteiger partial charge < -0.3 is 18.6 Å². The van der Waals surface area contributed by atoms with Crippen LogP contribution in [0, 0.1) is 22.7 Å². The van der Waals surface area contributed by atoms with Crippen molar-refractivity contribution < 1.29 is 8.83 Å². The van der Waals surface area contributed by atoms with Crippen molar-refractivity contribution in [1.29, 1.82) is 10.5 Å². The standard InChI is InChI=1S/C58H42N4O2/c1-35(2)39-9-19-45(20-10-39)61(43-15-5-37(33-59)6-16-43)47-23-27-49-41(29-47)13-25-51-53-31-54-52-26-14-42-30-48(24-28-50(42)58(52)64-56(54)32-55(53)63-57(49)51)62(44-17-7-38(34-60)8-18-44)46-21-11-40(12-22-46)36(3)4/h5-32,35-36H,1-4H3. The van der Waals surface area contributed by atoms with Crippen LogP contribution in [0.15, 0.2) is 179 Å². The van der Waals surface area contributed by atoms with E-state index < -0.39 is 0 Å². The highest BCUT2D eigenvalue weighted by molar-refractivity contribution is 6.22. The SMILES string of the molecule is CC(C)c1ccc(N(c2ccc(C#N)cc2)c2ccc3c(ccc4c5cc6c(cc5oc34)oc3c4ccc(N(c5ccc(C#N)cc5)c5ccc(C(C)C)cc5)cc4ccc63)c2)cc1. The van der Waals surface area contributed by atoms with Gasteiger partial charge in [-0.2, -0.15) is 10.5 Å². The average Bonchev–Trinajstić information content (AvgIpc) is 3.89. The van der Waals surface area contributed by atoms with Crippen molar-refractivity contribution in [2.75, 3.05) is 9.80 Å². The number of furan rings is 2. The molecule has 0 saturated heterocycles. The fourth-order valence-electron chi connectivity index (χ4n) is 9.15. The van der Waals surface area contributed by atoms with Gasteiger partial charge in [-0.3, -0.25) is 0 Å². The molecular weight excluding hydrogens is 785 g/mol. The van der Waals surface area contributed by atoms with Gasteiger partial charge in [0.15, 0.2) is 0 Å². The smallest absolute Gasteiger partial charge is 0.143 e. The molecule has 0 aliphatic heterocycles. The predicted octanol–water partition coefficient (Wildman–Crippen LogP) is 16.7. The molecule has 0 unspecified atom stereocenters. The Morgan fingerprint density at radius 2 is 0.703 bits per heavy atom. The molecule has 0 amide bonds. The van der Waals surface area contributed by atoms with Crippen molar-refractivity contribution in [1.82, 2.24) is 0 Å². The van der Waals surface area contributed by atoms with Crippen LogP contribution in [0.5, 0.6) is 0 Å². The van der Waals surface area contributed by atoms with Gasteiger partial charge in [0.25, 0.3) is 0 Å². The first-order valence-electron chi connectivity index (χ1n) is 21.7. The minimum Gasteiger partial charge on any atom is -0.455 e. The van der Waals surface area contributed by atoms with Crippen molar-refractivity contribution in [3.05, 3.63) is 192 Å². The number of rotatable bonds is 8. The van der Waals surface area contributed by atoms with Gasteiger partial charge in [-0.15, -0.1) is 0 Å². The van der Waals surface area contributed by atoms with Crippen molar-refractivity contribution in [3.8, 4) is 12.1 Å². The van der Waals surface area contributed by atoms with Gasteiger partial charge in [0, 0.05) is 72.5 Å². The minimum atomic E-state index is 0.430. The Bertz CT molecular complexity index is 3430. The lowest BCUT2D eigenvalue weighted by molar-refractivity contribution is 0.660. The Kier molecular flexibility index (Phi) is 9.19. The molecule has 6 heteroatoms. The van der Waals surface area contributed by atoms with Crippen molar-refractivity contribution in [3.63, 3.8) is 0 Å². The third-order valence-electron chi connectivity index (χ3n) is 12.7. The first-order chi connectivity index (χ1) is 31.2. The fourth-order valence-corrected chi connectivity index (χ4v) is 9.15. The van der Waals surface area contributed by atoms with Gasteiger partial charge in [0.05, 0.1) is 23.3 Å². The van der Waals surface area contributed by atoms with Crippen molar-refractivity contribution >= 4 is 99.5 Å². The number of fused-ring (bicyclic) bond motifs is 10. The van der Waals surface area contributed by atoms with Gasteiger partial charge in [0.1, 0.15) is 22.3 Å². The van der Waals surface area contributed by atoms with E-state index in [1.165, 1.54) is 11.1 Å². The maximum atomic E-state index is 9.50. The topological polar surface area (TPSA) is 80.3 Å². The van der Waals surface area contributed by atoms with Crippen LogP contribution in [0.4, 0.5) is 34.1 Å². The van der Waals surface area contributed by atoms with Crippen molar-refractivity contribution in [2.45, 2.75) is 39.5 Å². The number of hydrogen-bond donors (Lipinski definition) is 0. The van der Waals surface area contributed by atoms with Gasteiger partial charge >= 0.3 is 0 Å². The van der Waals surface area contributed by atoms with Crippen molar-refractivity contribution in [2.24, 2.45) is 0 Å². The molecule has 0 fully saturated rings. The third kappa shape index (κ3) is 6.48. The normalized spacial score (nSPS) is 11.7. The highest BCUT2D eigenvalue weighted by atomic mass is 16.3. The molecule has 0 aliphatic carbocycles. The van der Waals surface area contributed by atoms with Crippen LogP contribution < -0.4 is 9.80 Å². The van der Waals surface area contributed by atoms with Crippen LogP contribution in [-0.2, 0) is 0 Å². The molecule has 0 radical (unpaired) electrons. The Morgan fingerprint density at radius 3 is 1.06 bits per heavy atom. The Balaban J connectivity index is 0.982. The van der Waals surface area contributed by atoms with Gasteiger partial charge in [-0.1, -0.05) is 64.1 Å².